The molecule has 128 valence electrons. The van der Waals surface area contributed by atoms with Crippen molar-refractivity contribution in [3.05, 3.63) is 24.5 Å². The van der Waals surface area contributed by atoms with Crippen molar-refractivity contribution >= 4 is 5.82 Å². The molecule has 0 amide bonds. The first-order chi connectivity index (χ1) is 11.9. The molecule has 1 aliphatic carbocycles. The Morgan fingerprint density at radius 1 is 1.04 bits per heavy atom. The summed E-state index contributed by atoms with van der Waals surface area (Å²) in [6.07, 6.45) is 13.7. The summed E-state index contributed by atoms with van der Waals surface area (Å²) in [7, 11) is 0. The van der Waals surface area contributed by atoms with Crippen LogP contribution in [-0.2, 0) is 0 Å². The first-order valence-corrected chi connectivity index (χ1v) is 8.97. The van der Waals surface area contributed by atoms with Crippen LogP contribution in [0, 0.1) is 0 Å². The van der Waals surface area contributed by atoms with Crippen LogP contribution in [-0.4, -0.2) is 44.3 Å². The highest BCUT2D eigenvalue weighted by molar-refractivity contribution is 5.38. The van der Waals surface area contributed by atoms with E-state index >= 15 is 0 Å². The first kappa shape index (κ1) is 15.4. The number of aromatic nitrogens is 5. The minimum atomic E-state index is 0.306. The van der Waals surface area contributed by atoms with Crippen molar-refractivity contribution in [3.8, 4) is 5.88 Å². The molecule has 2 fully saturated rings. The molecule has 0 radical (unpaired) electrons. The second-order valence-corrected chi connectivity index (χ2v) is 6.73. The molecule has 2 aromatic rings. The Morgan fingerprint density at radius 2 is 1.88 bits per heavy atom. The maximum absolute atomic E-state index is 6.04. The van der Waals surface area contributed by atoms with E-state index in [1.807, 2.05) is 6.20 Å². The van der Waals surface area contributed by atoms with E-state index in [0.717, 1.165) is 50.4 Å². The van der Waals surface area contributed by atoms with Crippen molar-refractivity contribution in [2.75, 3.05) is 18.0 Å². The summed E-state index contributed by atoms with van der Waals surface area (Å²) in [4.78, 5) is 15.6. The molecule has 0 unspecified atom stereocenters. The second kappa shape index (κ2) is 7.15. The topological polar surface area (TPSA) is 79.8 Å². The Bertz CT molecular complexity index is 632. The van der Waals surface area contributed by atoms with E-state index < -0.39 is 0 Å². The van der Waals surface area contributed by atoms with Crippen LogP contribution in [0.4, 0.5) is 5.82 Å². The fourth-order valence-corrected chi connectivity index (χ4v) is 3.69. The second-order valence-electron chi connectivity index (χ2n) is 6.73. The van der Waals surface area contributed by atoms with Crippen LogP contribution in [0.1, 0.15) is 56.7 Å². The third-order valence-electron chi connectivity index (χ3n) is 5.08. The molecule has 0 spiro atoms. The van der Waals surface area contributed by atoms with E-state index in [0.29, 0.717) is 17.9 Å². The summed E-state index contributed by atoms with van der Waals surface area (Å²) < 4.78 is 6.04. The number of nitrogens with one attached hydrogen (secondary N) is 1. The monoisotopic (exact) mass is 328 g/mol. The highest BCUT2D eigenvalue weighted by Crippen LogP contribution is 2.28. The maximum atomic E-state index is 6.04. The largest absolute Gasteiger partial charge is 0.473 e. The average molecular weight is 328 g/mol. The van der Waals surface area contributed by atoms with Gasteiger partial charge in [-0.1, -0.05) is 6.42 Å². The van der Waals surface area contributed by atoms with Crippen LogP contribution in [0.15, 0.2) is 18.7 Å². The Hall–Kier alpha value is -2.18. The van der Waals surface area contributed by atoms with Crippen LogP contribution < -0.4 is 9.64 Å². The molecule has 2 aromatic heterocycles. The highest BCUT2D eigenvalue weighted by atomic mass is 16.5. The number of anilines is 1. The minimum absolute atomic E-state index is 0.306. The zero-order valence-electron chi connectivity index (χ0n) is 13.9. The van der Waals surface area contributed by atoms with Gasteiger partial charge in [-0.05, 0) is 38.5 Å². The summed E-state index contributed by atoms with van der Waals surface area (Å²) in [6.45, 7) is 1.90. The van der Waals surface area contributed by atoms with E-state index in [4.69, 9.17) is 4.74 Å². The molecule has 7 nitrogen and oxygen atoms in total. The molecule has 0 bridgehead atoms. The maximum Gasteiger partial charge on any atom is 0.234 e. The molecular formula is C17H24N6O. The normalized spacial score (nSPS) is 20.2. The summed E-state index contributed by atoms with van der Waals surface area (Å²) in [5.74, 6) is 3.03. The van der Waals surface area contributed by atoms with E-state index in [9.17, 15) is 0 Å². The third kappa shape index (κ3) is 3.49. The molecule has 1 N–H and O–H groups in total. The number of hydrogen-bond acceptors (Lipinski definition) is 6. The van der Waals surface area contributed by atoms with Gasteiger partial charge in [0.1, 0.15) is 18.3 Å². The number of H-pyrrole nitrogens is 1. The standard InChI is InChI=1S/C17H24N6O/c1-2-4-14(5-3-1)24-16-11-18-10-15(21-16)23-8-6-13(7-9-23)17-19-12-20-22-17/h10-14H,1-9H2,(H,19,20,22). The number of hydrogen-bond donors (Lipinski definition) is 1. The van der Waals surface area contributed by atoms with Gasteiger partial charge < -0.3 is 9.64 Å². The predicted molar refractivity (Wildman–Crippen MR) is 90.1 cm³/mol. The molecule has 2 aliphatic rings. The Kier molecular flexibility index (Phi) is 4.57. The SMILES string of the molecule is c1n[nH]c(C2CCN(c3cncc(OC4CCCCC4)n3)CC2)n1. The summed E-state index contributed by atoms with van der Waals surface area (Å²) in [5.41, 5.74) is 0. The molecule has 4 rings (SSSR count). The van der Waals surface area contributed by atoms with Crippen LogP contribution in [0.3, 0.4) is 0 Å². The van der Waals surface area contributed by atoms with E-state index in [1.54, 1.807) is 12.5 Å². The molecule has 0 atom stereocenters. The summed E-state index contributed by atoms with van der Waals surface area (Å²) in [6, 6.07) is 0. The zero-order valence-corrected chi connectivity index (χ0v) is 13.9. The van der Waals surface area contributed by atoms with Gasteiger partial charge >= 0.3 is 0 Å². The highest BCUT2D eigenvalue weighted by Gasteiger charge is 2.24. The number of ether oxygens (including phenoxy) is 1. The minimum Gasteiger partial charge on any atom is -0.473 e. The van der Waals surface area contributed by atoms with E-state index in [2.05, 4.69) is 30.0 Å². The van der Waals surface area contributed by atoms with Gasteiger partial charge in [-0.15, -0.1) is 0 Å². The molecule has 7 heteroatoms. The molecule has 1 saturated heterocycles. The summed E-state index contributed by atoms with van der Waals surface area (Å²) in [5, 5.41) is 6.94. The number of rotatable bonds is 4. The predicted octanol–water partition coefficient (Wildman–Crippen LogP) is 2.69. The lowest BCUT2D eigenvalue weighted by Crippen LogP contribution is -2.34. The molecule has 3 heterocycles. The number of piperidine rings is 1. The lowest BCUT2D eigenvalue weighted by atomic mass is 9.96. The molecular weight excluding hydrogens is 304 g/mol. The molecule has 1 saturated carbocycles. The lowest BCUT2D eigenvalue weighted by Gasteiger charge is -2.31. The zero-order chi connectivity index (χ0) is 16.2. The van der Waals surface area contributed by atoms with Gasteiger partial charge in [-0.2, -0.15) is 10.1 Å². The lowest BCUT2D eigenvalue weighted by molar-refractivity contribution is 0.148. The molecule has 24 heavy (non-hydrogen) atoms. The van der Waals surface area contributed by atoms with E-state index in [-0.39, 0.29) is 0 Å². The van der Waals surface area contributed by atoms with Gasteiger partial charge in [-0.25, -0.2) is 4.98 Å². The quantitative estimate of drug-likeness (QED) is 0.929. The van der Waals surface area contributed by atoms with Crippen LogP contribution >= 0.6 is 0 Å². The van der Waals surface area contributed by atoms with Gasteiger partial charge in [0.05, 0.1) is 12.4 Å². The van der Waals surface area contributed by atoms with Crippen LogP contribution in [0.25, 0.3) is 0 Å². The van der Waals surface area contributed by atoms with Gasteiger partial charge in [0.25, 0.3) is 0 Å². The van der Waals surface area contributed by atoms with Crippen molar-refractivity contribution in [1.29, 1.82) is 0 Å². The van der Waals surface area contributed by atoms with Crippen LogP contribution in [0.5, 0.6) is 5.88 Å². The Balaban J connectivity index is 1.37. The Labute approximate surface area is 141 Å². The van der Waals surface area contributed by atoms with Crippen molar-refractivity contribution < 1.29 is 4.74 Å². The molecule has 1 aliphatic heterocycles. The first-order valence-electron chi connectivity index (χ1n) is 8.97. The fraction of sp³-hybridized carbons (Fsp3) is 0.647. The smallest absolute Gasteiger partial charge is 0.234 e. The van der Waals surface area contributed by atoms with E-state index in [1.165, 1.54) is 19.3 Å². The Morgan fingerprint density at radius 3 is 2.62 bits per heavy atom. The van der Waals surface area contributed by atoms with Gasteiger partial charge in [-0.3, -0.25) is 10.1 Å². The van der Waals surface area contributed by atoms with Crippen molar-refractivity contribution in [3.63, 3.8) is 0 Å². The van der Waals surface area contributed by atoms with Crippen LogP contribution in [0.2, 0.25) is 0 Å². The summed E-state index contributed by atoms with van der Waals surface area (Å²) >= 11 is 0. The van der Waals surface area contributed by atoms with Crippen molar-refractivity contribution in [2.24, 2.45) is 0 Å². The van der Waals surface area contributed by atoms with Gasteiger partial charge in [0.15, 0.2) is 5.82 Å². The third-order valence-corrected chi connectivity index (χ3v) is 5.08. The van der Waals surface area contributed by atoms with Gasteiger partial charge in [0.2, 0.25) is 5.88 Å². The molecule has 0 aromatic carbocycles. The van der Waals surface area contributed by atoms with Crippen molar-refractivity contribution in [2.45, 2.75) is 57.0 Å². The average Bonchev–Trinajstić information content (AvgIpc) is 3.18. The number of nitrogens with zero attached hydrogens (tertiary/aromatic N) is 5. The number of aromatic amines is 1. The fourth-order valence-electron chi connectivity index (χ4n) is 3.69. The van der Waals surface area contributed by atoms with Crippen molar-refractivity contribution in [1.82, 2.24) is 25.1 Å². The van der Waals surface area contributed by atoms with Gasteiger partial charge in [0, 0.05) is 19.0 Å².